The van der Waals surface area contributed by atoms with E-state index in [9.17, 15) is 4.79 Å². The molecular weight excluding hydrogens is 502 g/mol. The number of rotatable bonds is 10. The molecule has 0 saturated heterocycles. The molecule has 0 saturated carbocycles. The summed E-state index contributed by atoms with van der Waals surface area (Å²) in [6, 6.07) is 32.9. The van der Waals surface area contributed by atoms with Crippen molar-refractivity contribution in [2.75, 3.05) is 24.9 Å². The lowest BCUT2D eigenvalue weighted by Crippen LogP contribution is -2.19. The van der Waals surface area contributed by atoms with E-state index < -0.39 is 0 Å². The van der Waals surface area contributed by atoms with E-state index in [0.29, 0.717) is 23.7 Å². The van der Waals surface area contributed by atoms with Crippen LogP contribution >= 0.6 is 0 Å². The second-order valence-electron chi connectivity index (χ2n) is 9.25. The number of hydrogen-bond acceptors (Lipinski definition) is 5. The molecule has 0 unspecified atom stereocenters. The smallest absolute Gasteiger partial charge is 0.323 e. The zero-order valence-corrected chi connectivity index (χ0v) is 22.5. The number of hydrogen-bond donors (Lipinski definition) is 2. The second-order valence-corrected chi connectivity index (χ2v) is 9.25. The van der Waals surface area contributed by atoms with Gasteiger partial charge >= 0.3 is 6.03 Å². The van der Waals surface area contributed by atoms with Crippen molar-refractivity contribution in [2.24, 2.45) is 0 Å². The third kappa shape index (κ3) is 6.66. The summed E-state index contributed by atoms with van der Waals surface area (Å²) < 4.78 is 12.7. The number of anilines is 2. The maximum Gasteiger partial charge on any atom is 0.323 e. The molecule has 8 nitrogen and oxygen atoms in total. The number of carbonyl (C=O) groups excluding carboxylic acids is 1. The molecule has 5 rings (SSSR count). The summed E-state index contributed by atoms with van der Waals surface area (Å²) in [6.45, 7) is 0.657. The lowest BCUT2D eigenvalue weighted by molar-refractivity contribution is 0.262. The third-order valence-electron chi connectivity index (χ3n) is 6.54. The molecule has 0 aliphatic carbocycles. The van der Waals surface area contributed by atoms with Crippen LogP contribution in [0.1, 0.15) is 17.0 Å². The molecule has 202 valence electrons. The number of urea groups is 1. The Labute approximate surface area is 233 Å². The maximum absolute atomic E-state index is 12.5. The van der Waals surface area contributed by atoms with Gasteiger partial charge in [-0.25, -0.2) is 4.79 Å². The van der Waals surface area contributed by atoms with E-state index in [4.69, 9.17) is 9.47 Å². The summed E-state index contributed by atoms with van der Waals surface area (Å²) in [5.74, 6) is 3.20. The fourth-order valence-electron chi connectivity index (χ4n) is 4.41. The molecule has 1 aromatic heterocycles. The standard InChI is InChI=1S/C32H31N5O3/c1-39-28-18-11-23(12-19-28)13-20-30-35-36-31(37(30)22-24-7-4-3-5-8-24)25-14-16-26(17-15-25)33-32(38)34-27-9-6-10-29(21-27)40-2/h3-12,14-19,21H,13,20,22H2,1-2H3,(H2,33,34,38). The lowest BCUT2D eigenvalue weighted by Gasteiger charge is -2.12. The van der Waals surface area contributed by atoms with E-state index in [-0.39, 0.29) is 6.03 Å². The predicted molar refractivity (Wildman–Crippen MR) is 157 cm³/mol. The SMILES string of the molecule is COc1ccc(CCc2nnc(-c3ccc(NC(=O)Nc4cccc(OC)c4)cc3)n2Cc2ccccc2)cc1. The quantitative estimate of drug-likeness (QED) is 0.216. The number of aryl methyl sites for hydroxylation is 2. The van der Waals surface area contributed by atoms with E-state index in [2.05, 4.69) is 49.7 Å². The zero-order valence-electron chi connectivity index (χ0n) is 22.5. The Balaban J connectivity index is 1.32. The highest BCUT2D eigenvalue weighted by Gasteiger charge is 2.15. The number of amides is 2. The van der Waals surface area contributed by atoms with Gasteiger partial charge in [0.25, 0.3) is 0 Å². The third-order valence-corrected chi connectivity index (χ3v) is 6.54. The Morgan fingerprint density at radius 2 is 1.43 bits per heavy atom. The fourth-order valence-corrected chi connectivity index (χ4v) is 4.41. The second kappa shape index (κ2) is 12.6. The van der Waals surface area contributed by atoms with Crippen molar-refractivity contribution in [1.82, 2.24) is 14.8 Å². The topological polar surface area (TPSA) is 90.3 Å². The zero-order chi connectivity index (χ0) is 27.7. The van der Waals surface area contributed by atoms with Crippen LogP contribution in [-0.2, 0) is 19.4 Å². The number of ether oxygens (including phenoxy) is 2. The Bertz CT molecular complexity index is 1550. The fraction of sp³-hybridized carbons (Fsp3) is 0.156. The summed E-state index contributed by atoms with van der Waals surface area (Å²) in [6.07, 6.45) is 1.58. The molecule has 8 heteroatoms. The number of aromatic nitrogens is 3. The number of nitrogens with one attached hydrogen (secondary N) is 2. The van der Waals surface area contributed by atoms with Gasteiger partial charge in [-0.05, 0) is 66.1 Å². The van der Waals surface area contributed by atoms with Crippen LogP contribution < -0.4 is 20.1 Å². The van der Waals surface area contributed by atoms with Crippen molar-refractivity contribution in [2.45, 2.75) is 19.4 Å². The minimum Gasteiger partial charge on any atom is -0.497 e. The molecule has 0 bridgehead atoms. The van der Waals surface area contributed by atoms with E-state index in [1.54, 1.807) is 26.4 Å². The summed E-state index contributed by atoms with van der Waals surface area (Å²) in [4.78, 5) is 12.5. The normalized spacial score (nSPS) is 10.7. The van der Waals surface area contributed by atoms with Gasteiger partial charge in [0.1, 0.15) is 17.3 Å². The first-order valence-corrected chi connectivity index (χ1v) is 13.0. The van der Waals surface area contributed by atoms with Crippen molar-refractivity contribution in [3.8, 4) is 22.9 Å². The summed E-state index contributed by atoms with van der Waals surface area (Å²) in [5, 5.41) is 14.8. The first-order valence-electron chi connectivity index (χ1n) is 13.0. The van der Waals surface area contributed by atoms with Crippen LogP contribution in [0.15, 0.2) is 103 Å². The molecule has 0 aliphatic heterocycles. The van der Waals surface area contributed by atoms with Gasteiger partial charge in [-0.15, -0.1) is 10.2 Å². The van der Waals surface area contributed by atoms with E-state index >= 15 is 0 Å². The van der Waals surface area contributed by atoms with E-state index in [1.165, 1.54) is 11.1 Å². The molecule has 0 spiro atoms. The van der Waals surface area contributed by atoms with Crippen LogP contribution in [0.4, 0.5) is 16.2 Å². The van der Waals surface area contributed by atoms with Crippen LogP contribution in [0.5, 0.6) is 11.5 Å². The Morgan fingerprint density at radius 3 is 2.15 bits per heavy atom. The van der Waals surface area contributed by atoms with Crippen LogP contribution in [0.3, 0.4) is 0 Å². The van der Waals surface area contributed by atoms with Crippen LogP contribution in [0.25, 0.3) is 11.4 Å². The first-order chi connectivity index (χ1) is 19.6. The van der Waals surface area contributed by atoms with Gasteiger partial charge in [-0.2, -0.15) is 0 Å². The van der Waals surface area contributed by atoms with Crippen molar-refractivity contribution in [3.05, 3.63) is 120 Å². The molecule has 0 atom stereocenters. The number of methoxy groups -OCH3 is 2. The lowest BCUT2D eigenvalue weighted by atomic mass is 10.1. The average molecular weight is 534 g/mol. The number of nitrogens with zero attached hydrogens (tertiary/aromatic N) is 3. The van der Waals surface area contributed by atoms with Crippen LogP contribution in [0.2, 0.25) is 0 Å². The summed E-state index contributed by atoms with van der Waals surface area (Å²) >= 11 is 0. The van der Waals surface area contributed by atoms with Gasteiger partial charge in [0.05, 0.1) is 20.8 Å². The predicted octanol–water partition coefficient (Wildman–Crippen LogP) is 6.44. The highest BCUT2D eigenvalue weighted by atomic mass is 16.5. The van der Waals surface area contributed by atoms with Gasteiger partial charge in [0, 0.05) is 29.4 Å². The van der Waals surface area contributed by atoms with Crippen molar-refractivity contribution in [1.29, 1.82) is 0 Å². The number of benzene rings is 4. The minimum absolute atomic E-state index is 0.339. The molecule has 0 aliphatic rings. The molecule has 0 fully saturated rings. The maximum atomic E-state index is 12.5. The van der Waals surface area contributed by atoms with Gasteiger partial charge < -0.3 is 24.7 Å². The molecule has 2 amide bonds. The summed E-state index contributed by atoms with van der Waals surface area (Å²) in [5.41, 5.74) is 4.60. The first kappa shape index (κ1) is 26.5. The highest BCUT2D eigenvalue weighted by molar-refractivity contribution is 5.99. The van der Waals surface area contributed by atoms with Crippen LogP contribution in [0, 0.1) is 0 Å². The van der Waals surface area contributed by atoms with Gasteiger partial charge in [0.2, 0.25) is 0 Å². The van der Waals surface area contributed by atoms with Gasteiger partial charge in [-0.1, -0.05) is 48.5 Å². The highest BCUT2D eigenvalue weighted by Crippen LogP contribution is 2.24. The van der Waals surface area contributed by atoms with Gasteiger partial charge in [-0.3, -0.25) is 0 Å². The Morgan fingerprint density at radius 1 is 0.700 bits per heavy atom. The molecule has 1 heterocycles. The van der Waals surface area contributed by atoms with Crippen molar-refractivity contribution in [3.63, 3.8) is 0 Å². The van der Waals surface area contributed by atoms with Gasteiger partial charge in [0.15, 0.2) is 5.82 Å². The Kier molecular flexibility index (Phi) is 8.36. The van der Waals surface area contributed by atoms with Crippen molar-refractivity contribution >= 4 is 17.4 Å². The largest absolute Gasteiger partial charge is 0.497 e. The molecule has 4 aromatic carbocycles. The molecule has 40 heavy (non-hydrogen) atoms. The summed E-state index contributed by atoms with van der Waals surface area (Å²) in [7, 11) is 3.26. The molecule has 5 aromatic rings. The average Bonchev–Trinajstić information content (AvgIpc) is 3.39. The van der Waals surface area contributed by atoms with Crippen LogP contribution in [-0.4, -0.2) is 35.0 Å². The molecule has 2 N–H and O–H groups in total. The minimum atomic E-state index is -0.339. The monoisotopic (exact) mass is 533 g/mol. The molecular formula is C32H31N5O3. The van der Waals surface area contributed by atoms with Crippen molar-refractivity contribution < 1.29 is 14.3 Å². The Hall–Kier alpha value is -5.11. The molecule has 0 radical (unpaired) electrons. The van der Waals surface area contributed by atoms with E-state index in [0.717, 1.165) is 35.8 Å². The van der Waals surface area contributed by atoms with E-state index in [1.807, 2.05) is 66.7 Å². The number of carbonyl (C=O) groups is 1.